The Balaban J connectivity index is 2.79. The molecule has 0 aliphatic rings. The Morgan fingerprint density at radius 1 is 0.733 bits per heavy atom. The molecule has 2 rings (SSSR count). The highest BCUT2D eigenvalue weighted by atomic mass is 16.4. The number of rotatable bonds is 7. The third-order valence-electron chi connectivity index (χ3n) is 4.60. The first-order valence-electron chi connectivity index (χ1n) is 10.2. The summed E-state index contributed by atoms with van der Waals surface area (Å²) in [7, 11) is 0. The highest BCUT2D eigenvalue weighted by Gasteiger charge is 2.22. The molecule has 0 bridgehead atoms. The lowest BCUT2D eigenvalue weighted by Gasteiger charge is -2.14. The molecule has 0 amide bonds. The van der Waals surface area contributed by atoms with Crippen LogP contribution in [0.5, 0.6) is 0 Å². The van der Waals surface area contributed by atoms with Crippen molar-refractivity contribution in [2.45, 2.75) is 52.4 Å². The normalized spacial score (nSPS) is 9.80. The van der Waals surface area contributed by atoms with E-state index in [0.29, 0.717) is 35.1 Å². The SMILES string of the molecule is CCCCC#Cc1cccc(C(=O)O)c1-c1c(C#CCCCC)cccc1C(=O)O. The quantitative estimate of drug-likeness (QED) is 0.451. The van der Waals surface area contributed by atoms with E-state index < -0.39 is 11.9 Å². The first-order chi connectivity index (χ1) is 14.5. The van der Waals surface area contributed by atoms with Gasteiger partial charge in [0.2, 0.25) is 0 Å². The summed E-state index contributed by atoms with van der Waals surface area (Å²) in [5, 5.41) is 19.6. The van der Waals surface area contributed by atoms with Gasteiger partial charge >= 0.3 is 11.9 Å². The van der Waals surface area contributed by atoms with Gasteiger partial charge in [-0.3, -0.25) is 0 Å². The van der Waals surface area contributed by atoms with Crippen LogP contribution in [0.4, 0.5) is 0 Å². The molecule has 2 aromatic rings. The number of benzene rings is 2. The zero-order chi connectivity index (χ0) is 21.9. The predicted molar refractivity (Wildman–Crippen MR) is 119 cm³/mol. The predicted octanol–water partition coefficient (Wildman–Crippen LogP) is 5.83. The number of carboxylic acid groups (broad SMARTS) is 2. The highest BCUT2D eigenvalue weighted by molar-refractivity contribution is 6.05. The first kappa shape index (κ1) is 22.8. The lowest BCUT2D eigenvalue weighted by Crippen LogP contribution is -2.07. The van der Waals surface area contributed by atoms with Crippen molar-refractivity contribution in [1.29, 1.82) is 0 Å². The van der Waals surface area contributed by atoms with Gasteiger partial charge in [0.15, 0.2) is 0 Å². The Hall–Kier alpha value is -3.50. The van der Waals surface area contributed by atoms with Crippen molar-refractivity contribution in [1.82, 2.24) is 0 Å². The molecule has 0 heterocycles. The molecule has 0 aliphatic heterocycles. The van der Waals surface area contributed by atoms with E-state index in [0.717, 1.165) is 25.7 Å². The van der Waals surface area contributed by atoms with Crippen molar-refractivity contribution in [2.24, 2.45) is 0 Å². The maximum absolute atomic E-state index is 12.0. The average Bonchev–Trinajstić information content (AvgIpc) is 2.73. The van der Waals surface area contributed by atoms with Crippen LogP contribution in [0, 0.1) is 23.7 Å². The zero-order valence-electron chi connectivity index (χ0n) is 17.4. The summed E-state index contributed by atoms with van der Waals surface area (Å²) in [5.41, 5.74) is 1.65. The van der Waals surface area contributed by atoms with E-state index in [2.05, 4.69) is 37.5 Å². The third-order valence-corrected chi connectivity index (χ3v) is 4.60. The van der Waals surface area contributed by atoms with Crippen LogP contribution < -0.4 is 0 Å². The maximum Gasteiger partial charge on any atom is 0.336 e. The standard InChI is InChI=1S/C26H26O4/c1-3-5-7-9-13-19-15-11-17-21(25(27)28)23(19)24-20(14-10-8-6-4-2)16-12-18-22(24)26(29)30/h11-12,15-18H,3-8H2,1-2H3,(H,27,28)(H,29,30). The minimum atomic E-state index is -1.13. The molecule has 30 heavy (non-hydrogen) atoms. The summed E-state index contributed by atoms with van der Waals surface area (Å²) in [6, 6.07) is 9.67. The molecule has 0 atom stereocenters. The third kappa shape index (κ3) is 5.75. The van der Waals surface area contributed by atoms with Crippen LogP contribution in [0.3, 0.4) is 0 Å². The summed E-state index contributed by atoms with van der Waals surface area (Å²) >= 11 is 0. The Bertz CT molecular complexity index is 957. The van der Waals surface area contributed by atoms with Gasteiger partial charge in [-0.15, -0.1) is 0 Å². The van der Waals surface area contributed by atoms with Crippen LogP contribution in [0.25, 0.3) is 11.1 Å². The van der Waals surface area contributed by atoms with Gasteiger partial charge in [-0.2, -0.15) is 0 Å². The molecule has 154 valence electrons. The van der Waals surface area contributed by atoms with E-state index in [1.165, 1.54) is 12.1 Å². The van der Waals surface area contributed by atoms with Crippen molar-refractivity contribution >= 4 is 11.9 Å². The number of hydrogen-bond acceptors (Lipinski definition) is 2. The molecule has 4 heteroatoms. The first-order valence-corrected chi connectivity index (χ1v) is 10.2. The second kappa shape index (κ2) is 11.5. The molecule has 0 spiro atoms. The molecule has 4 nitrogen and oxygen atoms in total. The molecule has 0 radical (unpaired) electrons. The van der Waals surface area contributed by atoms with Crippen molar-refractivity contribution in [3.8, 4) is 34.8 Å². The van der Waals surface area contributed by atoms with E-state index in [9.17, 15) is 19.8 Å². The van der Waals surface area contributed by atoms with Crippen molar-refractivity contribution < 1.29 is 19.8 Å². The number of aromatic carboxylic acids is 2. The number of carbonyl (C=O) groups is 2. The van der Waals surface area contributed by atoms with Gasteiger partial charge in [0.05, 0.1) is 11.1 Å². The summed E-state index contributed by atoms with van der Waals surface area (Å²) < 4.78 is 0. The van der Waals surface area contributed by atoms with E-state index in [1.54, 1.807) is 24.3 Å². The Morgan fingerprint density at radius 2 is 1.13 bits per heavy atom. The van der Waals surface area contributed by atoms with Gasteiger partial charge < -0.3 is 10.2 Å². The van der Waals surface area contributed by atoms with Crippen molar-refractivity contribution in [2.75, 3.05) is 0 Å². The molecule has 2 aromatic carbocycles. The fourth-order valence-corrected chi connectivity index (χ4v) is 3.05. The van der Waals surface area contributed by atoms with E-state index in [4.69, 9.17) is 0 Å². The molecule has 0 aromatic heterocycles. The summed E-state index contributed by atoms with van der Waals surface area (Å²) in [5.74, 6) is 10.0. The fourth-order valence-electron chi connectivity index (χ4n) is 3.05. The van der Waals surface area contributed by atoms with Crippen LogP contribution in [-0.2, 0) is 0 Å². The van der Waals surface area contributed by atoms with Crippen LogP contribution in [0.2, 0.25) is 0 Å². The largest absolute Gasteiger partial charge is 0.478 e. The second-order valence-corrected chi connectivity index (χ2v) is 6.88. The average molecular weight is 402 g/mol. The maximum atomic E-state index is 12.0. The summed E-state index contributed by atoms with van der Waals surface area (Å²) in [6.07, 6.45) is 5.29. The Morgan fingerprint density at radius 3 is 1.47 bits per heavy atom. The van der Waals surface area contributed by atoms with Gasteiger partial charge in [-0.05, 0) is 37.1 Å². The molecular formula is C26H26O4. The lowest BCUT2D eigenvalue weighted by molar-refractivity contribution is 0.0684. The zero-order valence-corrected chi connectivity index (χ0v) is 17.4. The van der Waals surface area contributed by atoms with Gasteiger partial charge in [0.25, 0.3) is 0 Å². The van der Waals surface area contributed by atoms with Crippen LogP contribution in [-0.4, -0.2) is 22.2 Å². The molecule has 0 saturated carbocycles. The monoisotopic (exact) mass is 402 g/mol. The van der Waals surface area contributed by atoms with Gasteiger partial charge in [0, 0.05) is 35.1 Å². The fraction of sp³-hybridized carbons (Fsp3) is 0.308. The molecule has 0 saturated heterocycles. The van der Waals surface area contributed by atoms with E-state index >= 15 is 0 Å². The van der Waals surface area contributed by atoms with Gasteiger partial charge in [0.1, 0.15) is 0 Å². The van der Waals surface area contributed by atoms with Crippen LogP contribution >= 0.6 is 0 Å². The minimum absolute atomic E-state index is 0.0163. The van der Waals surface area contributed by atoms with Gasteiger partial charge in [-0.25, -0.2) is 9.59 Å². The van der Waals surface area contributed by atoms with Crippen molar-refractivity contribution in [3.05, 3.63) is 58.7 Å². The number of carboxylic acids is 2. The van der Waals surface area contributed by atoms with Crippen LogP contribution in [0.15, 0.2) is 36.4 Å². The molecule has 0 aliphatic carbocycles. The second-order valence-electron chi connectivity index (χ2n) is 6.88. The minimum Gasteiger partial charge on any atom is -0.478 e. The summed E-state index contributed by atoms with van der Waals surface area (Å²) in [4.78, 5) is 24.0. The molecular weight excluding hydrogens is 376 g/mol. The molecule has 2 N–H and O–H groups in total. The Labute approximate surface area is 178 Å². The molecule has 0 fully saturated rings. The Kier molecular flexibility index (Phi) is 8.73. The number of hydrogen-bond donors (Lipinski definition) is 2. The van der Waals surface area contributed by atoms with E-state index in [-0.39, 0.29) is 11.1 Å². The summed E-state index contributed by atoms with van der Waals surface area (Å²) in [6.45, 7) is 4.15. The molecule has 0 unspecified atom stereocenters. The number of unbranched alkanes of at least 4 members (excludes halogenated alkanes) is 4. The van der Waals surface area contributed by atoms with E-state index in [1.807, 2.05) is 0 Å². The van der Waals surface area contributed by atoms with Gasteiger partial charge in [-0.1, -0.05) is 62.5 Å². The van der Waals surface area contributed by atoms with Crippen molar-refractivity contribution in [3.63, 3.8) is 0 Å². The smallest absolute Gasteiger partial charge is 0.336 e. The van der Waals surface area contributed by atoms with Crippen LogP contribution in [0.1, 0.15) is 84.2 Å². The topological polar surface area (TPSA) is 74.6 Å². The lowest BCUT2D eigenvalue weighted by atomic mass is 9.87. The highest BCUT2D eigenvalue weighted by Crippen LogP contribution is 2.33.